The Morgan fingerprint density at radius 2 is 1.65 bits per heavy atom. The van der Waals surface area contributed by atoms with Gasteiger partial charge in [-0.15, -0.1) is 0 Å². The Hall–Kier alpha value is -1.35. The molecule has 0 spiro atoms. The molecule has 1 aliphatic carbocycles. The molecule has 1 aromatic rings. The molecule has 2 amide bonds. The molecule has 0 atom stereocenters. The molecule has 2 fully saturated rings. The van der Waals surface area contributed by atoms with E-state index in [-0.39, 0.29) is 44.4 Å². The topological polar surface area (TPSA) is 95.6 Å². The van der Waals surface area contributed by atoms with Crippen LogP contribution in [-0.4, -0.2) is 50.3 Å². The van der Waals surface area contributed by atoms with Crippen LogP contribution in [0.2, 0.25) is 10.0 Å². The molecule has 0 bridgehead atoms. The van der Waals surface area contributed by atoms with Gasteiger partial charge in [0.2, 0.25) is 15.9 Å². The minimum atomic E-state index is -3.83. The number of nitrogens with one attached hydrogen (secondary N) is 2. The third kappa shape index (κ3) is 5.92. The minimum Gasteiger partial charge on any atom is -0.349 e. The lowest BCUT2D eigenvalue weighted by Gasteiger charge is -2.34. The molecular formula is C21H29Cl2N3O4S. The average molecular weight is 490 g/mol. The first kappa shape index (κ1) is 24.3. The van der Waals surface area contributed by atoms with Crippen LogP contribution in [0.5, 0.6) is 0 Å². The molecular weight excluding hydrogens is 461 g/mol. The molecule has 1 aromatic carbocycles. The van der Waals surface area contributed by atoms with Crippen molar-refractivity contribution in [2.24, 2.45) is 5.92 Å². The van der Waals surface area contributed by atoms with Gasteiger partial charge in [-0.05, 0) is 50.7 Å². The zero-order chi connectivity index (χ0) is 22.8. The summed E-state index contributed by atoms with van der Waals surface area (Å²) in [4.78, 5) is 27.1. The second-order valence-electron chi connectivity index (χ2n) is 8.24. The zero-order valence-corrected chi connectivity index (χ0v) is 20.1. The summed E-state index contributed by atoms with van der Waals surface area (Å²) in [6.45, 7) is 5.20. The van der Waals surface area contributed by atoms with Gasteiger partial charge in [-0.3, -0.25) is 9.59 Å². The Kier molecular flexibility index (Phi) is 7.89. The number of halogens is 2. The summed E-state index contributed by atoms with van der Waals surface area (Å²) in [5.41, 5.74) is 0.0674. The van der Waals surface area contributed by atoms with Crippen molar-refractivity contribution < 1.29 is 18.0 Å². The van der Waals surface area contributed by atoms with Gasteiger partial charge in [0.25, 0.3) is 5.91 Å². The van der Waals surface area contributed by atoms with E-state index >= 15 is 0 Å². The number of likely N-dealkylation sites (tertiary alicyclic amines) is 1. The van der Waals surface area contributed by atoms with Gasteiger partial charge in [-0.25, -0.2) is 13.1 Å². The molecule has 2 aliphatic rings. The summed E-state index contributed by atoms with van der Waals surface area (Å²) in [5, 5.41) is 2.99. The van der Waals surface area contributed by atoms with E-state index in [1.54, 1.807) is 0 Å². The standard InChI is InChI=1S/C21H29Cl2N3O4S/c1-3-13(4-2)21(28)26-9-7-14(8-10-26)24-20(27)16-11-19(18(23)12-17(16)22)31(29,30)25-15-5-6-15/h11-15,25H,3-10H2,1-2H3,(H,24,27). The Morgan fingerprint density at radius 1 is 1.03 bits per heavy atom. The van der Waals surface area contributed by atoms with Crippen LogP contribution in [0, 0.1) is 5.92 Å². The maximum Gasteiger partial charge on any atom is 0.253 e. The molecule has 0 unspecified atom stereocenters. The highest BCUT2D eigenvalue weighted by Crippen LogP contribution is 2.31. The van der Waals surface area contributed by atoms with Crippen LogP contribution >= 0.6 is 23.2 Å². The van der Waals surface area contributed by atoms with Crippen molar-refractivity contribution in [2.75, 3.05) is 13.1 Å². The van der Waals surface area contributed by atoms with Crippen LogP contribution in [0.25, 0.3) is 0 Å². The quantitative estimate of drug-likeness (QED) is 0.582. The number of piperidine rings is 1. The van der Waals surface area contributed by atoms with Crippen LogP contribution in [0.4, 0.5) is 0 Å². The highest BCUT2D eigenvalue weighted by molar-refractivity contribution is 7.89. The molecule has 1 heterocycles. The maximum absolute atomic E-state index is 12.8. The number of carbonyl (C=O) groups excluding carboxylic acids is 2. The van der Waals surface area contributed by atoms with Crippen molar-refractivity contribution in [3.8, 4) is 0 Å². The molecule has 7 nitrogen and oxygen atoms in total. The Bertz CT molecular complexity index is 938. The smallest absolute Gasteiger partial charge is 0.253 e. The number of amides is 2. The van der Waals surface area contributed by atoms with E-state index < -0.39 is 15.9 Å². The third-order valence-electron chi connectivity index (χ3n) is 5.93. The molecule has 31 heavy (non-hydrogen) atoms. The zero-order valence-electron chi connectivity index (χ0n) is 17.8. The number of hydrogen-bond acceptors (Lipinski definition) is 4. The van der Waals surface area contributed by atoms with Crippen molar-refractivity contribution in [1.82, 2.24) is 14.9 Å². The first-order valence-electron chi connectivity index (χ1n) is 10.8. The summed E-state index contributed by atoms with van der Waals surface area (Å²) >= 11 is 12.3. The Morgan fingerprint density at radius 3 is 2.19 bits per heavy atom. The fraction of sp³-hybridized carbons (Fsp3) is 0.619. The number of hydrogen-bond donors (Lipinski definition) is 2. The highest BCUT2D eigenvalue weighted by atomic mass is 35.5. The van der Waals surface area contributed by atoms with Crippen LogP contribution in [0.15, 0.2) is 17.0 Å². The average Bonchev–Trinajstić information content (AvgIpc) is 3.52. The van der Waals surface area contributed by atoms with E-state index in [4.69, 9.17) is 23.2 Å². The van der Waals surface area contributed by atoms with Gasteiger partial charge >= 0.3 is 0 Å². The number of sulfonamides is 1. The predicted molar refractivity (Wildman–Crippen MR) is 121 cm³/mol. The van der Waals surface area contributed by atoms with Crippen LogP contribution in [0.3, 0.4) is 0 Å². The van der Waals surface area contributed by atoms with Gasteiger partial charge < -0.3 is 10.2 Å². The second kappa shape index (κ2) is 10.1. The number of nitrogens with zero attached hydrogens (tertiary/aromatic N) is 1. The minimum absolute atomic E-state index is 0.0251. The summed E-state index contributed by atoms with van der Waals surface area (Å²) in [6.07, 6.45) is 4.49. The SMILES string of the molecule is CCC(CC)C(=O)N1CCC(NC(=O)c2cc(S(=O)(=O)NC3CC3)c(Cl)cc2Cl)CC1. The second-order valence-corrected chi connectivity index (χ2v) is 10.7. The summed E-state index contributed by atoms with van der Waals surface area (Å²) < 4.78 is 27.7. The van der Waals surface area contributed by atoms with E-state index in [1.165, 1.54) is 12.1 Å². The van der Waals surface area contributed by atoms with Gasteiger partial charge in [0.05, 0.1) is 15.6 Å². The van der Waals surface area contributed by atoms with Gasteiger partial charge in [0, 0.05) is 31.1 Å². The molecule has 2 N–H and O–H groups in total. The fourth-order valence-electron chi connectivity index (χ4n) is 3.80. The largest absolute Gasteiger partial charge is 0.349 e. The van der Waals surface area contributed by atoms with Gasteiger partial charge in [0.15, 0.2) is 0 Å². The lowest BCUT2D eigenvalue weighted by atomic mass is 9.98. The number of carbonyl (C=O) groups is 2. The highest BCUT2D eigenvalue weighted by Gasteiger charge is 2.31. The summed E-state index contributed by atoms with van der Waals surface area (Å²) in [5.74, 6) is -0.230. The normalized spacial score (nSPS) is 17.8. The fourth-order valence-corrected chi connectivity index (χ4v) is 5.96. The number of benzene rings is 1. The molecule has 0 radical (unpaired) electrons. The third-order valence-corrected chi connectivity index (χ3v) is 8.23. The summed E-state index contributed by atoms with van der Waals surface area (Å²) in [7, 11) is -3.83. The lowest BCUT2D eigenvalue weighted by molar-refractivity contribution is -0.136. The van der Waals surface area contributed by atoms with Crippen molar-refractivity contribution in [3.05, 3.63) is 27.7 Å². The molecule has 10 heteroatoms. The van der Waals surface area contributed by atoms with Crippen molar-refractivity contribution in [1.29, 1.82) is 0 Å². The Balaban J connectivity index is 1.66. The van der Waals surface area contributed by atoms with Crippen molar-refractivity contribution in [3.63, 3.8) is 0 Å². The molecule has 1 saturated heterocycles. The van der Waals surface area contributed by atoms with E-state index in [9.17, 15) is 18.0 Å². The van der Waals surface area contributed by atoms with Crippen LogP contribution in [0.1, 0.15) is 62.7 Å². The molecule has 0 aromatic heterocycles. The van der Waals surface area contributed by atoms with Crippen molar-refractivity contribution >= 4 is 45.0 Å². The van der Waals surface area contributed by atoms with Gasteiger partial charge in [-0.1, -0.05) is 37.0 Å². The Labute approximate surface area is 193 Å². The maximum atomic E-state index is 12.8. The van der Waals surface area contributed by atoms with Crippen LogP contribution < -0.4 is 10.0 Å². The van der Waals surface area contributed by atoms with Crippen LogP contribution in [-0.2, 0) is 14.8 Å². The van der Waals surface area contributed by atoms with E-state index in [2.05, 4.69) is 10.0 Å². The first-order valence-corrected chi connectivity index (χ1v) is 13.0. The van der Waals surface area contributed by atoms with Crippen molar-refractivity contribution in [2.45, 2.75) is 69.4 Å². The molecule has 172 valence electrons. The first-order chi connectivity index (χ1) is 14.7. The number of rotatable bonds is 8. The summed E-state index contributed by atoms with van der Waals surface area (Å²) in [6, 6.07) is 2.32. The van der Waals surface area contributed by atoms with Gasteiger partial charge in [0.1, 0.15) is 4.90 Å². The monoisotopic (exact) mass is 489 g/mol. The van der Waals surface area contributed by atoms with E-state index in [0.717, 1.165) is 25.7 Å². The molecule has 1 aliphatic heterocycles. The van der Waals surface area contributed by atoms with E-state index in [0.29, 0.717) is 25.9 Å². The lowest BCUT2D eigenvalue weighted by Crippen LogP contribution is -2.48. The van der Waals surface area contributed by atoms with Gasteiger partial charge in [-0.2, -0.15) is 0 Å². The van der Waals surface area contributed by atoms with E-state index in [1.807, 2.05) is 18.7 Å². The molecule has 1 saturated carbocycles. The molecule has 3 rings (SSSR count). The predicted octanol–water partition coefficient (Wildman–Crippen LogP) is 3.59.